The van der Waals surface area contributed by atoms with Crippen LogP contribution in [0, 0.1) is 5.92 Å². The number of carbonyl (C=O) groups excluding carboxylic acids is 3. The average Bonchev–Trinajstić information content (AvgIpc) is 2.48. The van der Waals surface area contributed by atoms with E-state index in [9.17, 15) is 14.4 Å². The molecule has 4 heteroatoms. The van der Waals surface area contributed by atoms with Gasteiger partial charge in [-0.15, -0.1) is 0 Å². The van der Waals surface area contributed by atoms with Crippen molar-refractivity contribution in [3.05, 3.63) is 29.8 Å². The fourth-order valence-electron chi connectivity index (χ4n) is 1.54. The standard InChI is InChI=1S/C14H17NO3.C2H6/c1-10(9-16)7-14(18)15(3)13-6-4-5-12(8-13)11(2)17;1-2/h4-6,8-10H,7H2,1-3H3;1-2H3. The molecule has 0 saturated heterocycles. The number of rotatable bonds is 5. The Morgan fingerprint density at radius 3 is 2.40 bits per heavy atom. The number of anilines is 1. The van der Waals surface area contributed by atoms with Gasteiger partial charge >= 0.3 is 0 Å². The molecule has 0 spiro atoms. The van der Waals surface area contributed by atoms with Crippen molar-refractivity contribution in [1.29, 1.82) is 0 Å². The Morgan fingerprint density at radius 1 is 1.30 bits per heavy atom. The molecule has 1 aromatic carbocycles. The summed E-state index contributed by atoms with van der Waals surface area (Å²) in [5.74, 6) is -0.481. The molecule has 4 nitrogen and oxygen atoms in total. The number of benzene rings is 1. The average molecular weight is 277 g/mol. The van der Waals surface area contributed by atoms with Crippen LogP contribution < -0.4 is 4.90 Å². The van der Waals surface area contributed by atoms with Gasteiger partial charge in [-0.1, -0.05) is 32.9 Å². The third-order valence-electron chi connectivity index (χ3n) is 2.74. The lowest BCUT2D eigenvalue weighted by Gasteiger charge is -2.18. The van der Waals surface area contributed by atoms with Crippen LogP contribution in [0.2, 0.25) is 0 Å². The molecule has 20 heavy (non-hydrogen) atoms. The highest BCUT2D eigenvalue weighted by atomic mass is 16.2. The number of hydrogen-bond donors (Lipinski definition) is 0. The van der Waals surface area contributed by atoms with E-state index in [4.69, 9.17) is 0 Å². The highest BCUT2D eigenvalue weighted by Gasteiger charge is 2.15. The highest BCUT2D eigenvalue weighted by molar-refractivity contribution is 5.98. The van der Waals surface area contributed by atoms with E-state index in [0.29, 0.717) is 11.3 Å². The van der Waals surface area contributed by atoms with Crippen LogP contribution in [0.5, 0.6) is 0 Å². The summed E-state index contributed by atoms with van der Waals surface area (Å²) in [6.07, 6.45) is 0.933. The van der Waals surface area contributed by atoms with Crippen molar-refractivity contribution >= 4 is 23.7 Å². The van der Waals surface area contributed by atoms with Gasteiger partial charge in [0.25, 0.3) is 0 Å². The monoisotopic (exact) mass is 277 g/mol. The van der Waals surface area contributed by atoms with Crippen molar-refractivity contribution < 1.29 is 14.4 Å². The minimum atomic E-state index is -0.295. The summed E-state index contributed by atoms with van der Waals surface area (Å²) in [6.45, 7) is 7.18. The fourth-order valence-corrected chi connectivity index (χ4v) is 1.54. The van der Waals surface area contributed by atoms with Gasteiger partial charge in [0.05, 0.1) is 0 Å². The van der Waals surface area contributed by atoms with Gasteiger partial charge in [0.1, 0.15) is 6.29 Å². The molecule has 0 aliphatic rings. The van der Waals surface area contributed by atoms with E-state index in [1.54, 1.807) is 38.2 Å². The second-order valence-electron chi connectivity index (χ2n) is 4.38. The minimum Gasteiger partial charge on any atom is -0.315 e. The predicted octanol–water partition coefficient (Wildman–Crippen LogP) is 3.10. The molecule has 0 fully saturated rings. The summed E-state index contributed by atoms with van der Waals surface area (Å²) in [5.41, 5.74) is 1.22. The van der Waals surface area contributed by atoms with E-state index in [2.05, 4.69) is 0 Å². The van der Waals surface area contributed by atoms with Crippen molar-refractivity contribution in [3.8, 4) is 0 Å². The Bertz CT molecular complexity index is 469. The molecule has 0 aromatic heterocycles. The van der Waals surface area contributed by atoms with Crippen molar-refractivity contribution in [2.75, 3.05) is 11.9 Å². The molecule has 1 amide bonds. The first-order chi connectivity index (χ1) is 9.45. The largest absolute Gasteiger partial charge is 0.315 e. The zero-order valence-corrected chi connectivity index (χ0v) is 12.8. The molecule has 0 aliphatic carbocycles. The van der Waals surface area contributed by atoms with Crippen LogP contribution in [0.3, 0.4) is 0 Å². The lowest BCUT2D eigenvalue weighted by molar-refractivity contribution is -0.121. The van der Waals surface area contributed by atoms with E-state index < -0.39 is 0 Å². The zero-order chi connectivity index (χ0) is 15.7. The summed E-state index contributed by atoms with van der Waals surface area (Å²) in [7, 11) is 1.64. The van der Waals surface area contributed by atoms with Crippen molar-refractivity contribution in [3.63, 3.8) is 0 Å². The normalized spacial score (nSPS) is 10.8. The summed E-state index contributed by atoms with van der Waals surface area (Å²) in [4.78, 5) is 35.1. The molecule has 0 N–H and O–H groups in total. The van der Waals surface area contributed by atoms with Gasteiger partial charge in [-0.2, -0.15) is 0 Å². The molecule has 0 bridgehead atoms. The molecule has 1 atom stereocenters. The lowest BCUT2D eigenvalue weighted by Crippen LogP contribution is -2.28. The van der Waals surface area contributed by atoms with E-state index in [1.807, 2.05) is 13.8 Å². The van der Waals surface area contributed by atoms with Crippen LogP contribution in [0.1, 0.15) is 44.5 Å². The van der Waals surface area contributed by atoms with Crippen LogP contribution in [0.4, 0.5) is 5.69 Å². The third-order valence-corrected chi connectivity index (χ3v) is 2.74. The van der Waals surface area contributed by atoms with Crippen LogP contribution in [-0.2, 0) is 9.59 Å². The Morgan fingerprint density at radius 2 is 1.90 bits per heavy atom. The Balaban J connectivity index is 0.00000172. The lowest BCUT2D eigenvalue weighted by atomic mass is 10.1. The topological polar surface area (TPSA) is 54.5 Å². The molecule has 0 aliphatic heterocycles. The van der Waals surface area contributed by atoms with E-state index in [-0.39, 0.29) is 24.0 Å². The quantitative estimate of drug-likeness (QED) is 0.614. The molecule has 0 heterocycles. The number of aldehydes is 1. The van der Waals surface area contributed by atoms with Crippen molar-refractivity contribution in [2.45, 2.75) is 34.1 Å². The summed E-state index contributed by atoms with van der Waals surface area (Å²) in [6, 6.07) is 6.87. The number of amides is 1. The summed E-state index contributed by atoms with van der Waals surface area (Å²) < 4.78 is 0. The smallest absolute Gasteiger partial charge is 0.227 e. The van der Waals surface area contributed by atoms with Crippen molar-refractivity contribution in [1.82, 2.24) is 0 Å². The van der Waals surface area contributed by atoms with Crippen LogP contribution >= 0.6 is 0 Å². The van der Waals surface area contributed by atoms with Gasteiger partial charge < -0.3 is 9.69 Å². The first kappa shape index (κ1) is 18.0. The molecule has 1 aromatic rings. The molecular formula is C16H23NO3. The Kier molecular flexibility index (Phi) is 8.13. The first-order valence-corrected chi connectivity index (χ1v) is 6.78. The minimum absolute atomic E-state index is 0.0426. The van der Waals surface area contributed by atoms with Gasteiger partial charge in [0.2, 0.25) is 5.91 Å². The van der Waals surface area contributed by atoms with Crippen LogP contribution in [0.25, 0.3) is 0 Å². The first-order valence-electron chi connectivity index (χ1n) is 6.78. The number of carbonyl (C=O) groups is 3. The molecular weight excluding hydrogens is 254 g/mol. The Labute approximate surface area is 120 Å². The Hall–Kier alpha value is -1.97. The molecule has 1 unspecified atom stereocenters. The second-order valence-corrected chi connectivity index (χ2v) is 4.38. The van der Waals surface area contributed by atoms with Gasteiger partial charge in [0, 0.05) is 30.6 Å². The SMILES string of the molecule is CC.CC(=O)c1cccc(N(C)C(=O)CC(C)C=O)c1. The summed E-state index contributed by atoms with van der Waals surface area (Å²) >= 11 is 0. The van der Waals surface area contributed by atoms with Gasteiger partial charge in [-0.3, -0.25) is 9.59 Å². The number of nitrogens with zero attached hydrogens (tertiary/aromatic N) is 1. The zero-order valence-electron chi connectivity index (χ0n) is 12.8. The van der Waals surface area contributed by atoms with E-state index in [0.717, 1.165) is 6.29 Å². The molecule has 1 rings (SSSR count). The second kappa shape index (κ2) is 9.02. The van der Waals surface area contributed by atoms with Crippen LogP contribution in [0.15, 0.2) is 24.3 Å². The maximum Gasteiger partial charge on any atom is 0.227 e. The maximum absolute atomic E-state index is 11.9. The third kappa shape index (κ3) is 5.34. The van der Waals surface area contributed by atoms with Crippen molar-refractivity contribution in [2.24, 2.45) is 5.92 Å². The van der Waals surface area contributed by atoms with E-state index in [1.165, 1.54) is 11.8 Å². The van der Waals surface area contributed by atoms with Gasteiger partial charge in [-0.05, 0) is 19.1 Å². The number of ketones is 1. The van der Waals surface area contributed by atoms with Gasteiger partial charge in [-0.25, -0.2) is 0 Å². The maximum atomic E-state index is 11.9. The van der Waals surface area contributed by atoms with Gasteiger partial charge in [0.15, 0.2) is 5.78 Å². The molecule has 0 saturated carbocycles. The number of Topliss-reactive ketones (excluding diaryl/α,β-unsaturated/α-hetero) is 1. The summed E-state index contributed by atoms with van der Waals surface area (Å²) in [5, 5.41) is 0. The number of hydrogen-bond acceptors (Lipinski definition) is 3. The van der Waals surface area contributed by atoms with E-state index >= 15 is 0 Å². The van der Waals surface area contributed by atoms with Crippen LogP contribution in [-0.4, -0.2) is 25.0 Å². The highest BCUT2D eigenvalue weighted by Crippen LogP contribution is 2.17. The molecule has 110 valence electrons. The molecule has 0 radical (unpaired) electrons. The fraction of sp³-hybridized carbons (Fsp3) is 0.438. The predicted molar refractivity (Wildman–Crippen MR) is 81.0 cm³/mol.